The van der Waals surface area contributed by atoms with E-state index in [1.165, 1.54) is 6.20 Å². The molecule has 1 aliphatic carbocycles. The standard InChI is InChI=1S/C11H15N3O3/c1-14-6-8(5-12-14)10(15)13-9-3-2-7(4-9)11(16)17/h5-7,9H,2-4H2,1H3,(H,13,15)(H,16,17)/t7-,9+/m1/s1. The topological polar surface area (TPSA) is 84.2 Å². The van der Waals surface area contributed by atoms with Crippen LogP contribution in [-0.4, -0.2) is 32.8 Å². The van der Waals surface area contributed by atoms with Gasteiger partial charge in [-0.25, -0.2) is 0 Å². The minimum absolute atomic E-state index is 0.0381. The van der Waals surface area contributed by atoms with Crippen molar-refractivity contribution in [1.82, 2.24) is 15.1 Å². The fourth-order valence-corrected chi connectivity index (χ4v) is 2.14. The van der Waals surface area contributed by atoms with Gasteiger partial charge in [-0.15, -0.1) is 0 Å². The van der Waals surface area contributed by atoms with Gasteiger partial charge in [-0.3, -0.25) is 14.3 Å². The molecule has 0 saturated heterocycles. The highest BCUT2D eigenvalue weighted by Crippen LogP contribution is 2.25. The van der Waals surface area contributed by atoms with Crippen molar-refractivity contribution >= 4 is 11.9 Å². The molecule has 1 aliphatic rings. The lowest BCUT2D eigenvalue weighted by molar-refractivity contribution is -0.141. The summed E-state index contributed by atoms with van der Waals surface area (Å²) in [5.74, 6) is -1.29. The molecule has 0 bridgehead atoms. The molecule has 92 valence electrons. The molecule has 2 rings (SSSR count). The maximum absolute atomic E-state index is 11.8. The lowest BCUT2D eigenvalue weighted by Crippen LogP contribution is -2.33. The highest BCUT2D eigenvalue weighted by molar-refractivity contribution is 5.93. The number of nitrogens with one attached hydrogen (secondary N) is 1. The number of carbonyl (C=O) groups excluding carboxylic acids is 1. The predicted molar refractivity (Wildman–Crippen MR) is 59.4 cm³/mol. The molecule has 0 aromatic carbocycles. The van der Waals surface area contributed by atoms with Gasteiger partial charge in [0.1, 0.15) is 0 Å². The molecule has 0 radical (unpaired) electrons. The van der Waals surface area contributed by atoms with E-state index in [9.17, 15) is 9.59 Å². The van der Waals surface area contributed by atoms with Crippen molar-refractivity contribution in [1.29, 1.82) is 0 Å². The third-order valence-corrected chi connectivity index (χ3v) is 3.08. The first-order valence-electron chi connectivity index (χ1n) is 5.58. The Morgan fingerprint density at radius 1 is 1.53 bits per heavy atom. The summed E-state index contributed by atoms with van der Waals surface area (Å²) in [7, 11) is 1.74. The van der Waals surface area contributed by atoms with E-state index < -0.39 is 5.97 Å². The van der Waals surface area contributed by atoms with Gasteiger partial charge in [-0.2, -0.15) is 5.10 Å². The van der Waals surface area contributed by atoms with Crippen LogP contribution < -0.4 is 5.32 Å². The number of carbonyl (C=O) groups is 2. The SMILES string of the molecule is Cn1cc(C(=O)N[C@H]2CC[C@@H](C(=O)O)C2)cn1. The normalized spacial score (nSPS) is 23.6. The van der Waals surface area contributed by atoms with Crippen LogP contribution in [0.2, 0.25) is 0 Å². The van der Waals surface area contributed by atoms with Gasteiger partial charge in [0, 0.05) is 19.3 Å². The van der Waals surface area contributed by atoms with Crippen molar-refractivity contribution < 1.29 is 14.7 Å². The Balaban J connectivity index is 1.90. The Morgan fingerprint density at radius 3 is 2.82 bits per heavy atom. The Hall–Kier alpha value is -1.85. The number of carboxylic acid groups (broad SMARTS) is 1. The molecule has 1 amide bonds. The summed E-state index contributed by atoms with van der Waals surface area (Å²) in [6.07, 6.45) is 5.01. The van der Waals surface area contributed by atoms with E-state index >= 15 is 0 Å². The average molecular weight is 237 g/mol. The number of aliphatic carboxylic acids is 1. The Bertz CT molecular complexity index is 441. The molecule has 1 heterocycles. The highest BCUT2D eigenvalue weighted by Gasteiger charge is 2.30. The van der Waals surface area contributed by atoms with Crippen molar-refractivity contribution in [2.45, 2.75) is 25.3 Å². The minimum Gasteiger partial charge on any atom is -0.481 e. The Kier molecular flexibility index (Phi) is 3.12. The van der Waals surface area contributed by atoms with Gasteiger partial charge in [-0.05, 0) is 19.3 Å². The van der Waals surface area contributed by atoms with Gasteiger partial charge in [0.25, 0.3) is 5.91 Å². The van der Waals surface area contributed by atoms with E-state index in [1.54, 1.807) is 17.9 Å². The van der Waals surface area contributed by atoms with Gasteiger partial charge < -0.3 is 10.4 Å². The summed E-state index contributed by atoms with van der Waals surface area (Å²) < 4.78 is 1.56. The maximum atomic E-state index is 11.8. The molecule has 1 aromatic heterocycles. The lowest BCUT2D eigenvalue weighted by atomic mass is 10.1. The van der Waals surface area contributed by atoms with Crippen LogP contribution in [0.5, 0.6) is 0 Å². The van der Waals surface area contributed by atoms with Crippen LogP contribution in [0.25, 0.3) is 0 Å². The van der Waals surface area contributed by atoms with Gasteiger partial charge in [0.05, 0.1) is 17.7 Å². The third kappa shape index (κ3) is 2.64. The van der Waals surface area contributed by atoms with Gasteiger partial charge in [-0.1, -0.05) is 0 Å². The van der Waals surface area contributed by atoms with Crippen LogP contribution in [-0.2, 0) is 11.8 Å². The van der Waals surface area contributed by atoms with Crippen LogP contribution in [0.4, 0.5) is 0 Å². The second-order valence-electron chi connectivity index (χ2n) is 4.42. The molecule has 6 heteroatoms. The van der Waals surface area contributed by atoms with Gasteiger partial charge in [0.15, 0.2) is 0 Å². The van der Waals surface area contributed by atoms with Crippen molar-refractivity contribution in [3.8, 4) is 0 Å². The van der Waals surface area contributed by atoms with E-state index in [1.807, 2.05) is 0 Å². The first-order chi connectivity index (χ1) is 8.06. The summed E-state index contributed by atoms with van der Waals surface area (Å²) in [5.41, 5.74) is 0.506. The summed E-state index contributed by atoms with van der Waals surface area (Å²) >= 11 is 0. The summed E-state index contributed by atoms with van der Waals surface area (Å²) in [6, 6.07) is -0.0381. The van der Waals surface area contributed by atoms with Crippen molar-refractivity contribution in [2.24, 2.45) is 13.0 Å². The monoisotopic (exact) mass is 237 g/mol. The van der Waals surface area contributed by atoms with Crippen LogP contribution >= 0.6 is 0 Å². The first kappa shape index (κ1) is 11.6. The zero-order valence-electron chi connectivity index (χ0n) is 9.59. The average Bonchev–Trinajstić information content (AvgIpc) is 2.86. The number of carboxylic acids is 1. The van der Waals surface area contributed by atoms with Crippen LogP contribution in [0, 0.1) is 5.92 Å². The number of nitrogens with zero attached hydrogens (tertiary/aromatic N) is 2. The molecule has 0 aliphatic heterocycles. The predicted octanol–water partition coefficient (Wildman–Crippen LogP) is 0.403. The number of aryl methyl sites for hydroxylation is 1. The van der Waals surface area contributed by atoms with Crippen LogP contribution in [0.15, 0.2) is 12.4 Å². The van der Waals surface area contributed by atoms with Crippen molar-refractivity contribution in [3.05, 3.63) is 18.0 Å². The van der Waals surface area contributed by atoms with E-state index in [0.717, 1.165) is 6.42 Å². The summed E-state index contributed by atoms with van der Waals surface area (Å²) in [5, 5.41) is 15.6. The van der Waals surface area contributed by atoms with Crippen LogP contribution in [0.3, 0.4) is 0 Å². The van der Waals surface area contributed by atoms with Gasteiger partial charge >= 0.3 is 5.97 Å². The molecule has 2 N–H and O–H groups in total. The number of hydrogen-bond donors (Lipinski definition) is 2. The second kappa shape index (κ2) is 4.57. The molecule has 17 heavy (non-hydrogen) atoms. The molecule has 1 fully saturated rings. The number of amides is 1. The molecular weight excluding hydrogens is 222 g/mol. The molecule has 6 nitrogen and oxygen atoms in total. The molecule has 2 atom stereocenters. The maximum Gasteiger partial charge on any atom is 0.306 e. The fraction of sp³-hybridized carbons (Fsp3) is 0.545. The van der Waals surface area contributed by atoms with Crippen molar-refractivity contribution in [3.63, 3.8) is 0 Å². The smallest absolute Gasteiger partial charge is 0.306 e. The zero-order chi connectivity index (χ0) is 12.4. The third-order valence-electron chi connectivity index (χ3n) is 3.08. The van der Waals surface area contributed by atoms with E-state index in [2.05, 4.69) is 10.4 Å². The molecule has 0 unspecified atom stereocenters. The molecule has 0 spiro atoms. The van der Waals surface area contributed by atoms with Crippen LogP contribution in [0.1, 0.15) is 29.6 Å². The first-order valence-corrected chi connectivity index (χ1v) is 5.58. The summed E-state index contributed by atoms with van der Waals surface area (Å²) in [6.45, 7) is 0. The fourth-order valence-electron chi connectivity index (χ4n) is 2.14. The second-order valence-corrected chi connectivity index (χ2v) is 4.42. The van der Waals surface area contributed by atoms with E-state index in [-0.39, 0.29) is 17.9 Å². The number of rotatable bonds is 3. The molecular formula is C11H15N3O3. The Morgan fingerprint density at radius 2 is 2.29 bits per heavy atom. The number of aromatic nitrogens is 2. The Labute approximate surface area is 98.6 Å². The lowest BCUT2D eigenvalue weighted by Gasteiger charge is -2.11. The summed E-state index contributed by atoms with van der Waals surface area (Å²) in [4.78, 5) is 22.6. The molecule has 1 saturated carbocycles. The van der Waals surface area contributed by atoms with Gasteiger partial charge in [0.2, 0.25) is 0 Å². The largest absolute Gasteiger partial charge is 0.481 e. The minimum atomic E-state index is -0.775. The number of hydrogen-bond acceptors (Lipinski definition) is 3. The molecule has 1 aromatic rings. The highest BCUT2D eigenvalue weighted by atomic mass is 16.4. The quantitative estimate of drug-likeness (QED) is 0.797. The van der Waals surface area contributed by atoms with Crippen molar-refractivity contribution in [2.75, 3.05) is 0 Å². The zero-order valence-corrected chi connectivity index (χ0v) is 9.59. The van der Waals surface area contributed by atoms with E-state index in [4.69, 9.17) is 5.11 Å². The van der Waals surface area contributed by atoms with E-state index in [0.29, 0.717) is 18.4 Å².